The van der Waals surface area contributed by atoms with Crippen LogP contribution in [-0.4, -0.2) is 36.6 Å². The van der Waals surface area contributed by atoms with Crippen molar-refractivity contribution in [2.45, 2.75) is 32.2 Å². The van der Waals surface area contributed by atoms with Crippen LogP contribution in [0, 0.1) is 12.3 Å². The SMILES string of the molecule is C#CCCCN1CCNC(C)(C)C1. The van der Waals surface area contributed by atoms with Crippen LogP contribution in [0.2, 0.25) is 0 Å². The highest BCUT2D eigenvalue weighted by molar-refractivity contribution is 4.88. The number of hydrogen-bond donors (Lipinski definition) is 1. The number of nitrogens with zero attached hydrogens (tertiary/aromatic N) is 1. The molecule has 0 amide bonds. The minimum absolute atomic E-state index is 0.272. The van der Waals surface area contributed by atoms with Crippen LogP contribution in [0.25, 0.3) is 0 Å². The van der Waals surface area contributed by atoms with Gasteiger partial charge in [-0.25, -0.2) is 0 Å². The van der Waals surface area contributed by atoms with Crippen molar-refractivity contribution in [3.8, 4) is 12.3 Å². The molecule has 0 radical (unpaired) electrons. The van der Waals surface area contributed by atoms with Crippen LogP contribution in [0.5, 0.6) is 0 Å². The second kappa shape index (κ2) is 4.64. The van der Waals surface area contributed by atoms with Crippen molar-refractivity contribution in [1.29, 1.82) is 0 Å². The molecule has 1 N–H and O–H groups in total. The molecule has 0 atom stereocenters. The normalized spacial score (nSPS) is 22.5. The maximum absolute atomic E-state index is 5.22. The largest absolute Gasteiger partial charge is 0.309 e. The van der Waals surface area contributed by atoms with Crippen molar-refractivity contribution in [3.05, 3.63) is 0 Å². The molecular weight excluding hydrogens is 160 g/mol. The van der Waals surface area contributed by atoms with Gasteiger partial charge in [-0.1, -0.05) is 0 Å². The molecule has 0 aromatic carbocycles. The monoisotopic (exact) mass is 180 g/mol. The van der Waals surface area contributed by atoms with Gasteiger partial charge in [0, 0.05) is 31.6 Å². The Morgan fingerprint density at radius 1 is 1.54 bits per heavy atom. The lowest BCUT2D eigenvalue weighted by atomic mass is 10.0. The molecule has 0 saturated carbocycles. The second-order valence-electron chi connectivity index (χ2n) is 4.39. The van der Waals surface area contributed by atoms with Crippen LogP contribution >= 0.6 is 0 Å². The molecule has 1 rings (SSSR count). The van der Waals surface area contributed by atoms with E-state index in [2.05, 4.69) is 30.0 Å². The number of hydrogen-bond acceptors (Lipinski definition) is 2. The maximum Gasteiger partial charge on any atom is 0.0252 e. The highest BCUT2D eigenvalue weighted by atomic mass is 15.2. The van der Waals surface area contributed by atoms with Gasteiger partial charge in [0.05, 0.1) is 0 Å². The Morgan fingerprint density at radius 3 is 2.92 bits per heavy atom. The van der Waals surface area contributed by atoms with Gasteiger partial charge in [-0.15, -0.1) is 12.3 Å². The summed E-state index contributed by atoms with van der Waals surface area (Å²) in [5, 5.41) is 3.50. The highest BCUT2D eigenvalue weighted by Crippen LogP contribution is 2.10. The Balaban J connectivity index is 2.23. The van der Waals surface area contributed by atoms with Crippen LogP contribution in [-0.2, 0) is 0 Å². The molecule has 2 nitrogen and oxygen atoms in total. The molecule has 0 aliphatic carbocycles. The average molecular weight is 180 g/mol. The van der Waals surface area contributed by atoms with Crippen molar-refractivity contribution < 1.29 is 0 Å². The molecule has 2 heteroatoms. The van der Waals surface area contributed by atoms with E-state index in [1.54, 1.807) is 0 Å². The van der Waals surface area contributed by atoms with E-state index < -0.39 is 0 Å². The first-order chi connectivity index (χ1) is 6.14. The zero-order chi connectivity index (χ0) is 9.73. The fourth-order valence-corrected chi connectivity index (χ4v) is 1.84. The first-order valence-electron chi connectivity index (χ1n) is 5.05. The summed E-state index contributed by atoms with van der Waals surface area (Å²) in [4.78, 5) is 2.49. The zero-order valence-electron chi connectivity index (χ0n) is 8.77. The Kier molecular flexibility index (Phi) is 3.77. The molecular formula is C11H20N2. The summed E-state index contributed by atoms with van der Waals surface area (Å²) < 4.78 is 0. The molecule has 0 aromatic rings. The van der Waals surface area contributed by atoms with Crippen molar-refractivity contribution in [2.75, 3.05) is 26.2 Å². The van der Waals surface area contributed by atoms with Gasteiger partial charge in [0.2, 0.25) is 0 Å². The fraction of sp³-hybridized carbons (Fsp3) is 0.818. The van der Waals surface area contributed by atoms with Gasteiger partial charge in [-0.2, -0.15) is 0 Å². The number of unbranched alkanes of at least 4 members (excludes halogenated alkanes) is 1. The first kappa shape index (κ1) is 10.6. The van der Waals surface area contributed by atoms with E-state index in [0.29, 0.717) is 0 Å². The summed E-state index contributed by atoms with van der Waals surface area (Å²) in [6.45, 7) is 9.05. The molecule has 0 aromatic heterocycles. The Morgan fingerprint density at radius 2 is 2.31 bits per heavy atom. The molecule has 1 fully saturated rings. The van der Waals surface area contributed by atoms with Crippen molar-refractivity contribution in [2.24, 2.45) is 0 Å². The third kappa shape index (κ3) is 3.80. The summed E-state index contributed by atoms with van der Waals surface area (Å²) in [6.07, 6.45) is 7.26. The van der Waals surface area contributed by atoms with Crippen molar-refractivity contribution >= 4 is 0 Å². The Labute approximate surface area is 81.7 Å². The molecule has 13 heavy (non-hydrogen) atoms. The summed E-state index contributed by atoms with van der Waals surface area (Å²) in [6, 6.07) is 0. The van der Waals surface area contributed by atoms with E-state index in [0.717, 1.165) is 39.0 Å². The third-order valence-corrected chi connectivity index (χ3v) is 2.45. The fourth-order valence-electron chi connectivity index (χ4n) is 1.84. The van der Waals surface area contributed by atoms with Crippen molar-refractivity contribution in [3.63, 3.8) is 0 Å². The lowest BCUT2D eigenvalue weighted by molar-refractivity contribution is 0.154. The van der Waals surface area contributed by atoms with E-state index in [1.807, 2.05) is 0 Å². The summed E-state index contributed by atoms with van der Waals surface area (Å²) in [5.74, 6) is 2.69. The molecule has 0 bridgehead atoms. The minimum atomic E-state index is 0.272. The lowest BCUT2D eigenvalue weighted by Gasteiger charge is -2.39. The van der Waals surface area contributed by atoms with Crippen LogP contribution in [0.1, 0.15) is 26.7 Å². The smallest absolute Gasteiger partial charge is 0.0252 e. The molecule has 0 spiro atoms. The third-order valence-electron chi connectivity index (χ3n) is 2.45. The van der Waals surface area contributed by atoms with Crippen LogP contribution in [0.15, 0.2) is 0 Å². The standard InChI is InChI=1S/C11H20N2/c1-4-5-6-8-13-9-7-12-11(2,3)10-13/h1,12H,5-10H2,2-3H3. The van der Waals surface area contributed by atoms with Crippen LogP contribution < -0.4 is 5.32 Å². The second-order valence-corrected chi connectivity index (χ2v) is 4.39. The molecule has 74 valence electrons. The molecule has 1 saturated heterocycles. The molecule has 1 aliphatic rings. The van der Waals surface area contributed by atoms with E-state index >= 15 is 0 Å². The first-order valence-corrected chi connectivity index (χ1v) is 5.05. The van der Waals surface area contributed by atoms with Gasteiger partial charge in [0.15, 0.2) is 0 Å². The number of rotatable bonds is 3. The van der Waals surface area contributed by atoms with Gasteiger partial charge in [0.1, 0.15) is 0 Å². The number of terminal acetylenes is 1. The Hall–Kier alpha value is -0.520. The van der Waals surface area contributed by atoms with E-state index in [9.17, 15) is 0 Å². The topological polar surface area (TPSA) is 15.3 Å². The predicted octanol–water partition coefficient (Wildman–Crippen LogP) is 1.08. The van der Waals surface area contributed by atoms with Crippen LogP contribution in [0.4, 0.5) is 0 Å². The van der Waals surface area contributed by atoms with E-state index in [-0.39, 0.29) is 5.54 Å². The summed E-state index contributed by atoms with van der Waals surface area (Å²) >= 11 is 0. The van der Waals surface area contributed by atoms with E-state index in [4.69, 9.17) is 6.42 Å². The Bertz CT molecular complexity index is 191. The molecule has 1 aliphatic heterocycles. The summed E-state index contributed by atoms with van der Waals surface area (Å²) in [5.41, 5.74) is 0.272. The molecule has 1 heterocycles. The highest BCUT2D eigenvalue weighted by Gasteiger charge is 2.24. The quantitative estimate of drug-likeness (QED) is 0.516. The van der Waals surface area contributed by atoms with Gasteiger partial charge in [-0.3, -0.25) is 0 Å². The van der Waals surface area contributed by atoms with Crippen molar-refractivity contribution in [1.82, 2.24) is 10.2 Å². The van der Waals surface area contributed by atoms with Gasteiger partial charge < -0.3 is 10.2 Å². The van der Waals surface area contributed by atoms with Gasteiger partial charge in [0.25, 0.3) is 0 Å². The number of piperazine rings is 1. The summed E-state index contributed by atoms with van der Waals surface area (Å²) in [7, 11) is 0. The predicted molar refractivity (Wildman–Crippen MR) is 56.6 cm³/mol. The average Bonchev–Trinajstić information content (AvgIpc) is 2.03. The van der Waals surface area contributed by atoms with Gasteiger partial charge in [-0.05, 0) is 26.8 Å². The maximum atomic E-state index is 5.22. The lowest BCUT2D eigenvalue weighted by Crippen LogP contribution is -2.57. The van der Waals surface area contributed by atoms with E-state index in [1.165, 1.54) is 0 Å². The number of nitrogens with one attached hydrogen (secondary N) is 1. The minimum Gasteiger partial charge on any atom is -0.309 e. The van der Waals surface area contributed by atoms with Gasteiger partial charge >= 0.3 is 0 Å². The molecule has 0 unspecified atom stereocenters. The van der Waals surface area contributed by atoms with Crippen LogP contribution in [0.3, 0.4) is 0 Å². The zero-order valence-corrected chi connectivity index (χ0v) is 8.77.